The molecule has 0 aliphatic rings. The van der Waals surface area contributed by atoms with Gasteiger partial charge in [0.15, 0.2) is 5.82 Å². The van der Waals surface area contributed by atoms with Crippen molar-refractivity contribution in [3.63, 3.8) is 0 Å². The van der Waals surface area contributed by atoms with Crippen LogP contribution in [0.4, 0.5) is 10.6 Å². The molecule has 1 heterocycles. The highest BCUT2D eigenvalue weighted by atomic mass is 16.2. The summed E-state index contributed by atoms with van der Waals surface area (Å²) in [5.41, 5.74) is 2.02. The van der Waals surface area contributed by atoms with E-state index in [0.717, 1.165) is 11.3 Å². The lowest BCUT2D eigenvalue weighted by molar-refractivity contribution is 0.251. The number of benzene rings is 1. The molecule has 0 saturated heterocycles. The molecule has 0 fully saturated rings. The first-order valence-electron chi connectivity index (χ1n) is 6.60. The molecule has 2 aromatic rings. The third kappa shape index (κ3) is 3.85. The van der Waals surface area contributed by atoms with Crippen molar-refractivity contribution in [3.8, 4) is 0 Å². The van der Waals surface area contributed by atoms with Crippen LogP contribution in [0.2, 0.25) is 0 Å². The molecule has 0 bridgehead atoms. The van der Waals surface area contributed by atoms with Crippen LogP contribution < -0.4 is 10.6 Å². The van der Waals surface area contributed by atoms with Gasteiger partial charge in [0.2, 0.25) is 0 Å². The van der Waals surface area contributed by atoms with Gasteiger partial charge >= 0.3 is 6.03 Å². The Hall–Kier alpha value is -2.30. The molecule has 0 unspecified atom stereocenters. The van der Waals surface area contributed by atoms with Gasteiger partial charge in [-0.25, -0.2) is 4.79 Å². The minimum absolute atomic E-state index is 0.0204. The molecule has 5 heteroatoms. The van der Waals surface area contributed by atoms with Crippen molar-refractivity contribution in [3.05, 3.63) is 47.7 Å². The van der Waals surface area contributed by atoms with E-state index in [9.17, 15) is 4.79 Å². The smallest absolute Gasteiger partial charge is 0.320 e. The van der Waals surface area contributed by atoms with Gasteiger partial charge in [0, 0.05) is 23.7 Å². The quantitative estimate of drug-likeness (QED) is 0.803. The van der Waals surface area contributed by atoms with Crippen molar-refractivity contribution in [2.24, 2.45) is 0 Å². The molecule has 2 amide bonds. The van der Waals surface area contributed by atoms with E-state index in [0.29, 0.717) is 12.4 Å². The van der Waals surface area contributed by atoms with E-state index in [1.165, 1.54) is 0 Å². The summed E-state index contributed by atoms with van der Waals surface area (Å²) in [5, 5.41) is 12.5. The van der Waals surface area contributed by atoms with Crippen LogP contribution in [0, 0.1) is 0 Å². The van der Waals surface area contributed by atoms with Crippen LogP contribution in [-0.4, -0.2) is 16.2 Å². The summed E-state index contributed by atoms with van der Waals surface area (Å²) in [5.74, 6) is 0.528. The zero-order valence-electron chi connectivity index (χ0n) is 12.0. The summed E-state index contributed by atoms with van der Waals surface area (Å²) in [6, 6.07) is 11.3. The third-order valence-corrected chi connectivity index (χ3v) is 2.92. The minimum atomic E-state index is -0.263. The second kappa shape index (κ2) is 5.77. The Labute approximate surface area is 118 Å². The van der Waals surface area contributed by atoms with E-state index in [4.69, 9.17) is 0 Å². The van der Waals surface area contributed by atoms with Crippen molar-refractivity contribution in [1.82, 2.24) is 15.5 Å². The normalized spacial score (nSPS) is 11.2. The van der Waals surface area contributed by atoms with Crippen LogP contribution in [0.5, 0.6) is 0 Å². The number of nitrogens with zero attached hydrogens (tertiary/aromatic N) is 1. The molecule has 1 aromatic heterocycles. The molecule has 0 aliphatic heterocycles. The van der Waals surface area contributed by atoms with Gasteiger partial charge in [-0.1, -0.05) is 51.1 Å². The molecule has 5 nitrogen and oxygen atoms in total. The lowest BCUT2D eigenvalue weighted by Crippen LogP contribution is -2.28. The van der Waals surface area contributed by atoms with Crippen LogP contribution in [-0.2, 0) is 12.0 Å². The molecule has 2 rings (SSSR count). The Morgan fingerprint density at radius 2 is 1.95 bits per heavy atom. The molecule has 0 saturated carbocycles. The molecule has 106 valence electrons. The van der Waals surface area contributed by atoms with Gasteiger partial charge in [-0.05, 0) is 5.56 Å². The lowest BCUT2D eigenvalue weighted by atomic mass is 9.92. The van der Waals surface area contributed by atoms with Gasteiger partial charge in [-0.15, -0.1) is 0 Å². The zero-order valence-corrected chi connectivity index (χ0v) is 12.0. The van der Waals surface area contributed by atoms with Gasteiger partial charge in [-0.2, -0.15) is 5.10 Å². The van der Waals surface area contributed by atoms with Crippen LogP contribution in [0.15, 0.2) is 36.4 Å². The van der Waals surface area contributed by atoms with Crippen molar-refractivity contribution in [1.29, 1.82) is 0 Å². The highest BCUT2D eigenvalue weighted by Crippen LogP contribution is 2.21. The van der Waals surface area contributed by atoms with Crippen molar-refractivity contribution < 1.29 is 4.79 Å². The first-order valence-corrected chi connectivity index (χ1v) is 6.60. The Morgan fingerprint density at radius 1 is 1.25 bits per heavy atom. The largest absolute Gasteiger partial charge is 0.334 e. The maximum atomic E-state index is 11.8. The van der Waals surface area contributed by atoms with E-state index >= 15 is 0 Å². The first-order chi connectivity index (χ1) is 9.45. The summed E-state index contributed by atoms with van der Waals surface area (Å²) in [6.45, 7) is 6.74. The number of H-pyrrole nitrogens is 1. The number of urea groups is 1. The number of aromatic nitrogens is 2. The van der Waals surface area contributed by atoms with Crippen LogP contribution in [0.1, 0.15) is 32.0 Å². The predicted molar refractivity (Wildman–Crippen MR) is 79.6 cm³/mol. The van der Waals surface area contributed by atoms with Crippen molar-refractivity contribution in [2.75, 3.05) is 5.32 Å². The Balaban J connectivity index is 1.87. The second-order valence-electron chi connectivity index (χ2n) is 5.71. The summed E-state index contributed by atoms with van der Waals surface area (Å²) in [7, 11) is 0. The molecular weight excluding hydrogens is 252 g/mol. The Bertz CT molecular complexity index is 569. The van der Waals surface area contributed by atoms with E-state index in [2.05, 4.69) is 41.6 Å². The standard InChI is InChI=1S/C15H20N4O/c1-15(2,3)12-9-13(19-18-12)17-14(20)16-10-11-7-5-4-6-8-11/h4-9H,10H2,1-3H3,(H3,16,17,18,19,20). The van der Waals surface area contributed by atoms with Gasteiger partial charge < -0.3 is 5.32 Å². The van der Waals surface area contributed by atoms with E-state index < -0.39 is 0 Å². The highest BCUT2D eigenvalue weighted by molar-refractivity contribution is 5.88. The lowest BCUT2D eigenvalue weighted by Gasteiger charge is -2.14. The summed E-state index contributed by atoms with van der Waals surface area (Å²) in [6.07, 6.45) is 0. The summed E-state index contributed by atoms with van der Waals surface area (Å²) < 4.78 is 0. The van der Waals surface area contributed by atoms with Crippen molar-refractivity contribution in [2.45, 2.75) is 32.7 Å². The maximum absolute atomic E-state index is 11.8. The Kier molecular flexibility index (Phi) is 4.08. The average Bonchev–Trinajstić information content (AvgIpc) is 2.86. The zero-order chi connectivity index (χ0) is 14.6. The Morgan fingerprint density at radius 3 is 2.55 bits per heavy atom. The molecule has 0 radical (unpaired) electrons. The van der Waals surface area contributed by atoms with Crippen LogP contribution >= 0.6 is 0 Å². The number of rotatable bonds is 3. The molecule has 0 aliphatic carbocycles. The molecule has 3 N–H and O–H groups in total. The van der Waals surface area contributed by atoms with E-state index in [1.54, 1.807) is 0 Å². The predicted octanol–water partition coefficient (Wildman–Crippen LogP) is 3.03. The molecule has 20 heavy (non-hydrogen) atoms. The number of carbonyl (C=O) groups excluding carboxylic acids is 1. The fraction of sp³-hybridized carbons (Fsp3) is 0.333. The minimum Gasteiger partial charge on any atom is -0.334 e. The number of hydrogen-bond donors (Lipinski definition) is 3. The van der Waals surface area contributed by atoms with Crippen LogP contribution in [0.25, 0.3) is 0 Å². The SMILES string of the molecule is CC(C)(C)c1cc(NC(=O)NCc2ccccc2)n[nH]1. The van der Waals surface area contributed by atoms with E-state index in [1.807, 2.05) is 36.4 Å². The van der Waals surface area contributed by atoms with Gasteiger partial charge in [0.25, 0.3) is 0 Å². The molecule has 0 spiro atoms. The third-order valence-electron chi connectivity index (χ3n) is 2.92. The maximum Gasteiger partial charge on any atom is 0.320 e. The highest BCUT2D eigenvalue weighted by Gasteiger charge is 2.17. The molecule has 1 aromatic carbocycles. The number of aromatic amines is 1. The summed E-state index contributed by atoms with van der Waals surface area (Å²) >= 11 is 0. The van der Waals surface area contributed by atoms with Gasteiger partial charge in [0.1, 0.15) is 0 Å². The van der Waals surface area contributed by atoms with E-state index in [-0.39, 0.29) is 11.4 Å². The van der Waals surface area contributed by atoms with Crippen LogP contribution in [0.3, 0.4) is 0 Å². The van der Waals surface area contributed by atoms with Gasteiger partial charge in [-0.3, -0.25) is 10.4 Å². The number of hydrogen-bond acceptors (Lipinski definition) is 2. The van der Waals surface area contributed by atoms with Gasteiger partial charge in [0.05, 0.1) is 0 Å². The fourth-order valence-corrected chi connectivity index (χ4v) is 1.71. The topological polar surface area (TPSA) is 69.8 Å². The average molecular weight is 272 g/mol. The first kappa shape index (κ1) is 14.1. The molecular formula is C15H20N4O. The monoisotopic (exact) mass is 272 g/mol. The molecule has 0 atom stereocenters. The second-order valence-corrected chi connectivity index (χ2v) is 5.71. The number of nitrogens with one attached hydrogen (secondary N) is 3. The number of carbonyl (C=O) groups is 1. The fourth-order valence-electron chi connectivity index (χ4n) is 1.71. The number of anilines is 1. The van der Waals surface area contributed by atoms with Crippen molar-refractivity contribution >= 4 is 11.8 Å². The number of amides is 2. The summed E-state index contributed by atoms with van der Waals surface area (Å²) in [4.78, 5) is 11.8.